The molecule has 2 aromatic rings. The molecule has 0 aliphatic carbocycles. The van der Waals surface area contributed by atoms with Gasteiger partial charge in [-0.05, 0) is 53.0 Å². The highest BCUT2D eigenvalue weighted by molar-refractivity contribution is 7.98. The minimum Gasteiger partial charge on any atom is -0.157 e. The second-order valence-electron chi connectivity index (χ2n) is 5.59. The molecule has 0 atom stereocenters. The molecule has 6 rings (SSSR count). The third-order valence-corrected chi connectivity index (χ3v) is 6.02. The van der Waals surface area contributed by atoms with E-state index in [9.17, 15) is 0 Å². The number of hydrogen-bond acceptors (Lipinski definition) is 2. The van der Waals surface area contributed by atoms with Crippen LogP contribution in [0.15, 0.2) is 48.5 Å². The minimum absolute atomic E-state index is 1.13. The molecule has 2 heteroatoms. The van der Waals surface area contributed by atoms with Gasteiger partial charge in [-0.2, -0.15) is 23.5 Å². The lowest BCUT2D eigenvalue weighted by Gasteiger charge is -2.04. The van der Waals surface area contributed by atoms with Crippen LogP contribution in [0.2, 0.25) is 0 Å². The number of benzene rings is 2. The normalized spacial score (nSPS) is 16.8. The summed E-state index contributed by atoms with van der Waals surface area (Å²) in [7, 11) is 0. The van der Waals surface area contributed by atoms with Gasteiger partial charge in [0.1, 0.15) is 0 Å². The highest BCUT2D eigenvalue weighted by atomic mass is 32.2. The van der Waals surface area contributed by atoms with Crippen LogP contribution in [0.4, 0.5) is 0 Å². The third-order valence-electron chi connectivity index (χ3n) is 3.87. The van der Waals surface area contributed by atoms with Gasteiger partial charge in [-0.1, -0.05) is 48.5 Å². The van der Waals surface area contributed by atoms with Crippen molar-refractivity contribution in [1.82, 2.24) is 0 Å². The second-order valence-corrected chi connectivity index (χ2v) is 7.80. The van der Waals surface area contributed by atoms with Crippen molar-refractivity contribution < 1.29 is 0 Å². The lowest BCUT2D eigenvalue weighted by molar-refractivity contribution is 0.931. The van der Waals surface area contributed by atoms with Crippen molar-refractivity contribution in [3.63, 3.8) is 0 Å². The van der Waals surface area contributed by atoms with E-state index < -0.39 is 0 Å². The Labute approximate surface area is 136 Å². The summed E-state index contributed by atoms with van der Waals surface area (Å²) >= 11 is 4.09. The summed E-state index contributed by atoms with van der Waals surface area (Å²) in [6.45, 7) is 0. The summed E-state index contributed by atoms with van der Waals surface area (Å²) < 4.78 is 0. The van der Waals surface area contributed by atoms with Crippen molar-refractivity contribution >= 4 is 23.5 Å². The number of thioether (sulfide) groups is 2. The topological polar surface area (TPSA) is 0 Å². The lowest BCUT2D eigenvalue weighted by atomic mass is 10.1. The van der Waals surface area contributed by atoms with Crippen LogP contribution in [0, 0.1) is 0 Å². The summed E-state index contributed by atoms with van der Waals surface area (Å²) in [4.78, 5) is 0. The van der Waals surface area contributed by atoms with Gasteiger partial charge in [0, 0.05) is 11.5 Å². The summed E-state index contributed by atoms with van der Waals surface area (Å²) in [6, 6.07) is 18.5. The molecular weight excluding hydrogens is 292 g/mol. The molecule has 0 aromatic heterocycles. The van der Waals surface area contributed by atoms with Crippen molar-refractivity contribution in [2.45, 2.75) is 30.8 Å². The molecule has 110 valence electrons. The molecular formula is C19H22S2. The van der Waals surface area contributed by atoms with Gasteiger partial charge < -0.3 is 0 Å². The van der Waals surface area contributed by atoms with Crippen LogP contribution in [-0.4, -0.2) is 11.5 Å². The van der Waals surface area contributed by atoms with Gasteiger partial charge in [-0.3, -0.25) is 0 Å². The first-order valence-corrected chi connectivity index (χ1v) is 10.0. The van der Waals surface area contributed by atoms with Gasteiger partial charge in [0.25, 0.3) is 0 Å². The van der Waals surface area contributed by atoms with Crippen LogP contribution in [-0.2, 0) is 24.3 Å². The Morgan fingerprint density at radius 1 is 0.524 bits per heavy atom. The van der Waals surface area contributed by atoms with Crippen LogP contribution < -0.4 is 0 Å². The number of hydrogen-bond donors (Lipinski definition) is 0. The van der Waals surface area contributed by atoms with Crippen LogP contribution in [0.25, 0.3) is 0 Å². The van der Waals surface area contributed by atoms with Crippen LogP contribution >= 0.6 is 23.5 Å². The van der Waals surface area contributed by atoms with E-state index in [0.717, 1.165) is 11.5 Å². The molecule has 4 aliphatic rings. The Morgan fingerprint density at radius 3 is 1.62 bits per heavy atom. The molecule has 0 radical (unpaired) electrons. The van der Waals surface area contributed by atoms with E-state index in [-0.39, 0.29) is 0 Å². The Hall–Kier alpha value is -0.860. The largest absolute Gasteiger partial charge is 0.157 e. The van der Waals surface area contributed by atoms with Crippen molar-refractivity contribution in [3.8, 4) is 0 Å². The fraction of sp³-hybridized carbons (Fsp3) is 0.368. The molecule has 2 aromatic carbocycles. The van der Waals surface area contributed by atoms with E-state index >= 15 is 0 Å². The zero-order valence-electron chi connectivity index (χ0n) is 12.4. The zero-order valence-corrected chi connectivity index (χ0v) is 14.0. The molecule has 0 nitrogen and oxygen atoms in total. The van der Waals surface area contributed by atoms with Crippen molar-refractivity contribution in [2.24, 2.45) is 0 Å². The van der Waals surface area contributed by atoms with Crippen LogP contribution in [0.1, 0.15) is 28.7 Å². The Morgan fingerprint density at radius 2 is 1.00 bits per heavy atom. The first-order valence-electron chi connectivity index (χ1n) is 7.71. The van der Waals surface area contributed by atoms with Crippen molar-refractivity contribution in [2.75, 3.05) is 11.5 Å². The van der Waals surface area contributed by atoms with Gasteiger partial charge in [0.15, 0.2) is 0 Å². The summed E-state index contributed by atoms with van der Waals surface area (Å²) in [5, 5.41) is 0. The molecule has 0 saturated carbocycles. The van der Waals surface area contributed by atoms with Gasteiger partial charge >= 0.3 is 0 Å². The maximum Gasteiger partial charge on any atom is 0.0184 e. The Bertz CT molecular complexity index is 491. The first kappa shape index (κ1) is 15.1. The Kier molecular flexibility index (Phi) is 5.70. The van der Waals surface area contributed by atoms with E-state index in [1.165, 1.54) is 53.0 Å². The molecule has 4 aliphatic heterocycles. The maximum absolute atomic E-state index is 2.32. The Balaban J connectivity index is 1.67. The summed E-state index contributed by atoms with van der Waals surface area (Å²) in [5.74, 6) is 4.73. The second kappa shape index (κ2) is 7.95. The summed E-state index contributed by atoms with van der Waals surface area (Å²) in [5.41, 5.74) is 5.87. The molecule has 4 heterocycles. The molecule has 0 amide bonds. The standard InChI is InChI=1S/C19H22S2/c1-2-16-3-5-17(6-4-16)11-13-21-15-19-9-7-18(8-10-19)14-20-12-1/h3-10H,1-2,11-15H2. The van der Waals surface area contributed by atoms with Crippen LogP contribution in [0.5, 0.6) is 0 Å². The molecule has 0 fully saturated rings. The molecule has 21 heavy (non-hydrogen) atoms. The van der Waals surface area contributed by atoms with E-state index in [2.05, 4.69) is 60.3 Å². The van der Waals surface area contributed by atoms with Gasteiger partial charge in [-0.15, -0.1) is 0 Å². The SMILES string of the molecule is c1cc2ccc1CCCSCc1ccc(cc1)CSCC2. The molecule has 0 spiro atoms. The van der Waals surface area contributed by atoms with E-state index in [1.807, 2.05) is 11.8 Å². The molecule has 0 N–H and O–H groups in total. The lowest BCUT2D eigenvalue weighted by Crippen LogP contribution is -1.92. The zero-order chi connectivity index (χ0) is 14.3. The number of rotatable bonds is 0. The quantitative estimate of drug-likeness (QED) is 0.643. The predicted molar refractivity (Wildman–Crippen MR) is 97.2 cm³/mol. The van der Waals surface area contributed by atoms with E-state index in [4.69, 9.17) is 0 Å². The average molecular weight is 315 g/mol. The fourth-order valence-electron chi connectivity index (χ4n) is 2.55. The molecule has 0 unspecified atom stereocenters. The average Bonchev–Trinajstić information content (AvgIpc) is 2.54. The van der Waals surface area contributed by atoms with Gasteiger partial charge in [0.05, 0.1) is 0 Å². The molecule has 0 saturated heterocycles. The minimum atomic E-state index is 1.13. The van der Waals surface area contributed by atoms with Crippen molar-refractivity contribution in [3.05, 3.63) is 70.8 Å². The van der Waals surface area contributed by atoms with Gasteiger partial charge in [0.2, 0.25) is 0 Å². The smallest absolute Gasteiger partial charge is 0.0184 e. The van der Waals surface area contributed by atoms with E-state index in [1.54, 1.807) is 0 Å². The highest BCUT2D eigenvalue weighted by Crippen LogP contribution is 2.19. The van der Waals surface area contributed by atoms with E-state index in [0.29, 0.717) is 0 Å². The van der Waals surface area contributed by atoms with Crippen molar-refractivity contribution in [1.29, 1.82) is 0 Å². The fourth-order valence-corrected chi connectivity index (χ4v) is 4.43. The monoisotopic (exact) mass is 314 g/mol. The first-order chi connectivity index (χ1) is 10.4. The van der Waals surface area contributed by atoms with Crippen LogP contribution in [0.3, 0.4) is 0 Å². The molecule has 4 bridgehead atoms. The predicted octanol–water partition coefficient (Wildman–Crippen LogP) is 5.34. The maximum atomic E-state index is 2.32. The summed E-state index contributed by atoms with van der Waals surface area (Å²) in [6.07, 6.45) is 3.66. The highest BCUT2D eigenvalue weighted by Gasteiger charge is 2.00. The number of aryl methyl sites for hydroxylation is 2. The third kappa shape index (κ3) is 4.82. The van der Waals surface area contributed by atoms with Gasteiger partial charge in [-0.25, -0.2) is 0 Å².